The fraction of sp³-hybridized carbons (Fsp3) is 0.467. The van der Waals surface area contributed by atoms with Gasteiger partial charge in [0.05, 0.1) is 11.2 Å². The lowest BCUT2D eigenvalue weighted by Crippen LogP contribution is -2.33. The summed E-state index contributed by atoms with van der Waals surface area (Å²) in [6, 6.07) is 8.77. The Morgan fingerprint density at radius 2 is 2.21 bits per heavy atom. The molecule has 1 aromatic heterocycles. The fourth-order valence-electron chi connectivity index (χ4n) is 3.06. The molecule has 2 aromatic rings. The summed E-state index contributed by atoms with van der Waals surface area (Å²) in [5, 5.41) is 10.7. The number of H-pyrrole nitrogens is 1. The van der Waals surface area contributed by atoms with Crippen LogP contribution in [0.3, 0.4) is 0 Å². The molecule has 0 radical (unpaired) electrons. The predicted octanol–water partition coefficient (Wildman–Crippen LogP) is 2.93. The average molecular weight is 323 g/mol. The van der Waals surface area contributed by atoms with Gasteiger partial charge in [-0.05, 0) is 53.4 Å². The second-order valence-electron chi connectivity index (χ2n) is 5.23. The number of nitrogens with one attached hydrogen (secondary N) is 1. The van der Waals surface area contributed by atoms with Crippen LogP contribution in [-0.4, -0.2) is 40.7 Å². The zero-order valence-corrected chi connectivity index (χ0v) is 12.5. The normalized spacial score (nSPS) is 20.4. The molecule has 1 aliphatic heterocycles. The smallest absolute Gasteiger partial charge is 0.0863 e. The first kappa shape index (κ1) is 13.2. The van der Waals surface area contributed by atoms with E-state index < -0.39 is 0 Å². The molecule has 4 heteroatoms. The third-order valence-electron chi connectivity index (χ3n) is 4.12. The van der Waals surface area contributed by atoms with Crippen LogP contribution in [0.1, 0.15) is 18.4 Å². The van der Waals surface area contributed by atoms with Crippen molar-refractivity contribution in [1.82, 2.24) is 9.88 Å². The molecule has 0 amide bonds. The summed E-state index contributed by atoms with van der Waals surface area (Å²) < 4.78 is 1.09. The quantitative estimate of drug-likeness (QED) is 0.908. The summed E-state index contributed by atoms with van der Waals surface area (Å²) in [5.74, 6) is 0. The number of rotatable bonds is 4. The molecule has 0 aliphatic carbocycles. The summed E-state index contributed by atoms with van der Waals surface area (Å²) in [7, 11) is 0. The van der Waals surface area contributed by atoms with E-state index in [0.29, 0.717) is 6.04 Å². The third-order valence-corrected chi connectivity index (χ3v) is 4.80. The van der Waals surface area contributed by atoms with Gasteiger partial charge in [-0.25, -0.2) is 0 Å². The summed E-state index contributed by atoms with van der Waals surface area (Å²) >= 11 is 3.63. The minimum atomic E-state index is 0.287. The van der Waals surface area contributed by atoms with E-state index in [9.17, 15) is 5.11 Å². The lowest BCUT2D eigenvalue weighted by molar-refractivity contribution is 0.160. The Labute approximate surface area is 121 Å². The van der Waals surface area contributed by atoms with Gasteiger partial charge in [0.15, 0.2) is 0 Å². The molecule has 0 spiro atoms. The summed E-state index contributed by atoms with van der Waals surface area (Å²) in [5.41, 5.74) is 2.53. The van der Waals surface area contributed by atoms with E-state index in [0.717, 1.165) is 30.5 Å². The molecule has 0 bridgehead atoms. The maximum Gasteiger partial charge on any atom is 0.0863 e. The van der Waals surface area contributed by atoms with Crippen LogP contribution in [-0.2, 0) is 6.42 Å². The topological polar surface area (TPSA) is 39.3 Å². The number of aromatic nitrogens is 1. The molecular formula is C15H19BrN2O. The number of aromatic amines is 1. The van der Waals surface area contributed by atoms with E-state index in [4.69, 9.17) is 0 Å². The molecule has 19 heavy (non-hydrogen) atoms. The summed E-state index contributed by atoms with van der Waals surface area (Å²) in [6.45, 7) is 2.42. The second kappa shape index (κ2) is 5.65. The number of aliphatic hydroxyl groups excluding tert-OH is 1. The predicted molar refractivity (Wildman–Crippen MR) is 81.4 cm³/mol. The largest absolute Gasteiger partial charge is 0.395 e. The maximum absolute atomic E-state index is 9.36. The Bertz CT molecular complexity index is 566. The van der Waals surface area contributed by atoms with E-state index in [1.165, 1.54) is 22.9 Å². The van der Waals surface area contributed by atoms with Gasteiger partial charge in [0, 0.05) is 23.5 Å². The highest BCUT2D eigenvalue weighted by atomic mass is 79.9. The standard InChI is InChI=1S/C15H19BrN2O/c16-15-13(12-5-1-2-6-14(12)17-15)7-9-18-8-3-4-11(18)10-19/h1-2,5-6,11,17,19H,3-4,7-10H2. The van der Waals surface area contributed by atoms with Gasteiger partial charge >= 0.3 is 0 Å². The monoisotopic (exact) mass is 322 g/mol. The van der Waals surface area contributed by atoms with Crippen molar-refractivity contribution in [2.24, 2.45) is 0 Å². The zero-order chi connectivity index (χ0) is 13.2. The van der Waals surface area contributed by atoms with Crippen LogP contribution in [0.4, 0.5) is 0 Å². The highest BCUT2D eigenvalue weighted by Gasteiger charge is 2.23. The Hall–Kier alpha value is -0.840. The molecule has 2 N–H and O–H groups in total. The minimum Gasteiger partial charge on any atom is -0.395 e. The van der Waals surface area contributed by atoms with E-state index in [-0.39, 0.29) is 6.61 Å². The van der Waals surface area contributed by atoms with Crippen molar-refractivity contribution in [2.45, 2.75) is 25.3 Å². The van der Waals surface area contributed by atoms with Crippen LogP contribution >= 0.6 is 15.9 Å². The molecule has 1 aliphatic rings. The number of likely N-dealkylation sites (tertiary alicyclic amines) is 1. The zero-order valence-electron chi connectivity index (χ0n) is 10.9. The van der Waals surface area contributed by atoms with Crippen molar-refractivity contribution >= 4 is 26.8 Å². The van der Waals surface area contributed by atoms with Crippen molar-refractivity contribution in [3.8, 4) is 0 Å². The van der Waals surface area contributed by atoms with Crippen molar-refractivity contribution in [2.75, 3.05) is 19.7 Å². The van der Waals surface area contributed by atoms with Gasteiger partial charge in [0.2, 0.25) is 0 Å². The highest BCUT2D eigenvalue weighted by molar-refractivity contribution is 9.10. The summed E-state index contributed by atoms with van der Waals surface area (Å²) in [4.78, 5) is 5.79. The molecule has 1 aromatic carbocycles. The molecule has 1 saturated heterocycles. The number of hydrogen-bond acceptors (Lipinski definition) is 2. The van der Waals surface area contributed by atoms with E-state index in [1.807, 2.05) is 0 Å². The molecule has 2 heterocycles. The molecular weight excluding hydrogens is 304 g/mol. The third kappa shape index (κ3) is 2.57. The van der Waals surface area contributed by atoms with Crippen LogP contribution in [0.15, 0.2) is 28.9 Å². The first-order valence-electron chi connectivity index (χ1n) is 6.89. The Morgan fingerprint density at radius 3 is 3.05 bits per heavy atom. The van der Waals surface area contributed by atoms with Crippen molar-refractivity contribution in [3.63, 3.8) is 0 Å². The number of fused-ring (bicyclic) bond motifs is 1. The van der Waals surface area contributed by atoms with Crippen molar-refractivity contribution in [1.29, 1.82) is 0 Å². The van der Waals surface area contributed by atoms with Gasteiger partial charge in [-0.2, -0.15) is 0 Å². The van der Waals surface area contributed by atoms with Gasteiger partial charge in [-0.1, -0.05) is 18.2 Å². The second-order valence-corrected chi connectivity index (χ2v) is 6.02. The van der Waals surface area contributed by atoms with Crippen molar-refractivity contribution in [3.05, 3.63) is 34.4 Å². The first-order valence-corrected chi connectivity index (χ1v) is 7.69. The lowest BCUT2D eigenvalue weighted by atomic mass is 10.1. The molecule has 3 rings (SSSR count). The Balaban J connectivity index is 1.76. The number of aliphatic hydroxyl groups is 1. The Morgan fingerprint density at radius 1 is 1.37 bits per heavy atom. The van der Waals surface area contributed by atoms with E-state index in [1.54, 1.807) is 0 Å². The number of nitrogens with zero attached hydrogens (tertiary/aromatic N) is 1. The van der Waals surface area contributed by atoms with Gasteiger partial charge in [-0.3, -0.25) is 4.90 Å². The molecule has 0 saturated carbocycles. The van der Waals surface area contributed by atoms with E-state index in [2.05, 4.69) is 50.1 Å². The van der Waals surface area contributed by atoms with Crippen LogP contribution in [0.25, 0.3) is 10.9 Å². The maximum atomic E-state index is 9.36. The van der Waals surface area contributed by atoms with Crippen LogP contribution in [0, 0.1) is 0 Å². The molecule has 1 fully saturated rings. The molecule has 102 valence electrons. The number of para-hydroxylation sites is 1. The fourth-order valence-corrected chi connectivity index (χ4v) is 3.69. The molecule has 1 atom stereocenters. The Kier molecular flexibility index (Phi) is 3.91. The summed E-state index contributed by atoms with van der Waals surface area (Å²) in [6.07, 6.45) is 3.35. The van der Waals surface area contributed by atoms with Crippen LogP contribution in [0.5, 0.6) is 0 Å². The first-order chi connectivity index (χ1) is 9.29. The molecule has 3 nitrogen and oxygen atoms in total. The number of hydrogen-bond donors (Lipinski definition) is 2. The lowest BCUT2D eigenvalue weighted by Gasteiger charge is -2.22. The van der Waals surface area contributed by atoms with Gasteiger partial charge in [-0.15, -0.1) is 0 Å². The van der Waals surface area contributed by atoms with Gasteiger partial charge in [0.25, 0.3) is 0 Å². The van der Waals surface area contributed by atoms with Crippen molar-refractivity contribution < 1.29 is 5.11 Å². The number of halogens is 1. The van der Waals surface area contributed by atoms with E-state index >= 15 is 0 Å². The highest BCUT2D eigenvalue weighted by Crippen LogP contribution is 2.27. The van der Waals surface area contributed by atoms with Gasteiger partial charge < -0.3 is 10.1 Å². The molecule has 1 unspecified atom stereocenters. The SMILES string of the molecule is OCC1CCCN1CCc1c(Br)[nH]c2ccccc12. The van der Waals surface area contributed by atoms with Crippen LogP contribution in [0.2, 0.25) is 0 Å². The minimum absolute atomic E-state index is 0.287. The van der Waals surface area contributed by atoms with Gasteiger partial charge in [0.1, 0.15) is 0 Å². The number of benzene rings is 1. The van der Waals surface area contributed by atoms with Crippen LogP contribution < -0.4 is 0 Å². The average Bonchev–Trinajstić information content (AvgIpc) is 2.99.